The number of carbonyl (C=O) groups is 2. The summed E-state index contributed by atoms with van der Waals surface area (Å²) in [5.41, 5.74) is 1.28. The Bertz CT molecular complexity index is 404. The Morgan fingerprint density at radius 1 is 1.50 bits per heavy atom. The Morgan fingerprint density at radius 2 is 2.19 bits per heavy atom. The molecule has 0 radical (unpaired) electrons. The van der Waals surface area contributed by atoms with Crippen molar-refractivity contribution in [3.8, 4) is 0 Å². The van der Waals surface area contributed by atoms with Crippen molar-refractivity contribution < 1.29 is 14.7 Å². The second-order valence-corrected chi connectivity index (χ2v) is 3.46. The van der Waals surface area contributed by atoms with Crippen LogP contribution in [0.4, 0.5) is 0 Å². The number of aryl methyl sites for hydroxylation is 1. The highest BCUT2D eigenvalue weighted by atomic mass is 16.4. The smallest absolute Gasteiger partial charge is 0.323 e. The molecule has 0 saturated heterocycles. The average molecular weight is 222 g/mol. The largest absolute Gasteiger partial charge is 0.480 e. The van der Waals surface area contributed by atoms with Crippen LogP contribution in [0.3, 0.4) is 0 Å². The first-order valence-corrected chi connectivity index (χ1v) is 4.96. The molecular formula is C11H14N2O3. The van der Waals surface area contributed by atoms with Crippen molar-refractivity contribution >= 4 is 11.9 Å². The van der Waals surface area contributed by atoms with Crippen LogP contribution in [0, 0.1) is 0 Å². The topological polar surface area (TPSA) is 70.5 Å². The third-order valence-electron chi connectivity index (χ3n) is 2.17. The Balaban J connectivity index is 2.83. The van der Waals surface area contributed by atoms with Gasteiger partial charge in [0.2, 0.25) is 0 Å². The predicted octanol–water partition coefficient (Wildman–Crippen LogP) is 0.801. The Morgan fingerprint density at radius 3 is 2.75 bits per heavy atom. The van der Waals surface area contributed by atoms with Crippen LogP contribution in [0.2, 0.25) is 0 Å². The molecule has 0 saturated carbocycles. The average Bonchev–Trinajstić information content (AvgIpc) is 2.27. The molecule has 5 nitrogen and oxygen atoms in total. The zero-order valence-electron chi connectivity index (χ0n) is 9.30. The highest BCUT2D eigenvalue weighted by molar-refractivity contribution is 5.94. The van der Waals surface area contributed by atoms with Gasteiger partial charge in [0.1, 0.15) is 12.2 Å². The molecule has 5 heteroatoms. The van der Waals surface area contributed by atoms with Crippen LogP contribution in [0.5, 0.6) is 0 Å². The number of aromatic nitrogens is 1. The summed E-state index contributed by atoms with van der Waals surface area (Å²) in [7, 11) is 1.44. The molecule has 0 unspecified atom stereocenters. The lowest BCUT2D eigenvalue weighted by molar-refractivity contribution is -0.137. The number of pyridine rings is 1. The van der Waals surface area contributed by atoms with Gasteiger partial charge in [-0.25, -0.2) is 0 Å². The van der Waals surface area contributed by atoms with Crippen molar-refractivity contribution in [2.45, 2.75) is 13.3 Å². The third kappa shape index (κ3) is 3.05. The molecule has 0 bridgehead atoms. The molecular weight excluding hydrogens is 208 g/mol. The minimum atomic E-state index is -1.04. The molecule has 1 amide bonds. The van der Waals surface area contributed by atoms with Gasteiger partial charge in [0.15, 0.2) is 0 Å². The second-order valence-electron chi connectivity index (χ2n) is 3.46. The fourth-order valence-electron chi connectivity index (χ4n) is 1.28. The number of rotatable bonds is 4. The van der Waals surface area contributed by atoms with Crippen molar-refractivity contribution in [1.82, 2.24) is 9.88 Å². The van der Waals surface area contributed by atoms with Crippen molar-refractivity contribution in [2.75, 3.05) is 13.6 Å². The molecule has 1 rings (SSSR count). The molecule has 1 aromatic rings. The van der Waals surface area contributed by atoms with Crippen LogP contribution < -0.4 is 0 Å². The fourth-order valence-corrected chi connectivity index (χ4v) is 1.28. The van der Waals surface area contributed by atoms with Crippen LogP contribution in [-0.4, -0.2) is 40.5 Å². The van der Waals surface area contributed by atoms with E-state index in [4.69, 9.17) is 5.11 Å². The van der Waals surface area contributed by atoms with Crippen molar-refractivity contribution in [1.29, 1.82) is 0 Å². The molecule has 1 N–H and O–H groups in total. The van der Waals surface area contributed by atoms with E-state index >= 15 is 0 Å². The lowest BCUT2D eigenvalue weighted by atomic mass is 10.2. The van der Waals surface area contributed by atoms with Crippen LogP contribution in [0.1, 0.15) is 23.0 Å². The van der Waals surface area contributed by atoms with Gasteiger partial charge >= 0.3 is 5.97 Å². The molecule has 0 aromatic carbocycles. The van der Waals surface area contributed by atoms with Gasteiger partial charge in [-0.05, 0) is 24.1 Å². The van der Waals surface area contributed by atoms with E-state index in [1.807, 2.05) is 13.0 Å². The van der Waals surface area contributed by atoms with E-state index in [1.54, 1.807) is 12.3 Å². The monoisotopic (exact) mass is 222 g/mol. The maximum absolute atomic E-state index is 11.7. The van der Waals surface area contributed by atoms with Crippen LogP contribution in [0.15, 0.2) is 18.3 Å². The first kappa shape index (κ1) is 12.2. The zero-order chi connectivity index (χ0) is 12.1. The molecule has 0 fully saturated rings. The van der Waals surface area contributed by atoms with E-state index in [1.165, 1.54) is 7.05 Å². The maximum atomic E-state index is 11.7. The summed E-state index contributed by atoms with van der Waals surface area (Å²) < 4.78 is 0. The van der Waals surface area contributed by atoms with E-state index in [9.17, 15) is 9.59 Å². The van der Waals surface area contributed by atoms with Crippen molar-refractivity contribution in [2.24, 2.45) is 0 Å². The molecule has 0 spiro atoms. The molecule has 0 aliphatic carbocycles. The van der Waals surface area contributed by atoms with Gasteiger partial charge in [-0.15, -0.1) is 0 Å². The number of likely N-dealkylation sites (N-methyl/N-ethyl adjacent to an activating group) is 1. The first-order valence-electron chi connectivity index (χ1n) is 4.96. The van der Waals surface area contributed by atoms with E-state index in [0.717, 1.165) is 16.9 Å². The van der Waals surface area contributed by atoms with Crippen LogP contribution >= 0.6 is 0 Å². The van der Waals surface area contributed by atoms with Gasteiger partial charge in [0, 0.05) is 13.2 Å². The van der Waals surface area contributed by atoms with Gasteiger partial charge in [-0.3, -0.25) is 14.6 Å². The van der Waals surface area contributed by atoms with E-state index in [2.05, 4.69) is 4.98 Å². The molecule has 86 valence electrons. The lowest BCUT2D eigenvalue weighted by Gasteiger charge is -2.13. The Hall–Kier alpha value is -1.91. The summed E-state index contributed by atoms with van der Waals surface area (Å²) in [4.78, 5) is 27.3. The number of hydrogen-bond acceptors (Lipinski definition) is 3. The zero-order valence-corrected chi connectivity index (χ0v) is 9.30. The number of amides is 1. The quantitative estimate of drug-likeness (QED) is 0.818. The minimum Gasteiger partial charge on any atom is -0.480 e. The predicted molar refractivity (Wildman–Crippen MR) is 58.2 cm³/mol. The number of nitrogens with zero attached hydrogens (tertiary/aromatic N) is 2. The maximum Gasteiger partial charge on any atom is 0.323 e. The fraction of sp³-hybridized carbons (Fsp3) is 0.364. The summed E-state index contributed by atoms with van der Waals surface area (Å²) >= 11 is 0. The standard InChI is InChI=1S/C11H14N2O3/c1-3-8-4-5-12-9(6-8)11(16)13(2)7-10(14)15/h4-6H,3,7H2,1-2H3,(H,14,15). The summed E-state index contributed by atoms with van der Waals surface area (Å²) in [5, 5.41) is 8.57. The number of hydrogen-bond donors (Lipinski definition) is 1. The van der Waals surface area contributed by atoms with Crippen LogP contribution in [-0.2, 0) is 11.2 Å². The number of aliphatic carboxylic acids is 1. The number of carboxylic acids is 1. The van der Waals surface area contributed by atoms with E-state index in [0.29, 0.717) is 0 Å². The van der Waals surface area contributed by atoms with E-state index < -0.39 is 5.97 Å². The minimum absolute atomic E-state index is 0.281. The van der Waals surface area contributed by atoms with Crippen molar-refractivity contribution in [3.63, 3.8) is 0 Å². The van der Waals surface area contributed by atoms with Crippen LogP contribution in [0.25, 0.3) is 0 Å². The normalized spacial score (nSPS) is 9.88. The molecule has 0 aliphatic heterocycles. The Labute approximate surface area is 93.7 Å². The SMILES string of the molecule is CCc1ccnc(C(=O)N(C)CC(=O)O)c1. The first-order chi connectivity index (χ1) is 7.54. The van der Waals surface area contributed by atoms with Gasteiger partial charge in [0.25, 0.3) is 5.91 Å². The third-order valence-corrected chi connectivity index (χ3v) is 2.17. The highest BCUT2D eigenvalue weighted by Gasteiger charge is 2.15. The lowest BCUT2D eigenvalue weighted by Crippen LogP contribution is -2.32. The number of carboxylic acid groups (broad SMARTS) is 1. The van der Waals surface area contributed by atoms with Gasteiger partial charge in [-0.2, -0.15) is 0 Å². The van der Waals surface area contributed by atoms with E-state index in [-0.39, 0.29) is 18.1 Å². The summed E-state index contributed by atoms with van der Waals surface area (Å²) in [6.45, 7) is 1.65. The van der Waals surface area contributed by atoms with Gasteiger partial charge in [0.05, 0.1) is 0 Å². The van der Waals surface area contributed by atoms with Gasteiger partial charge < -0.3 is 10.0 Å². The Kier molecular flexibility index (Phi) is 3.99. The summed E-state index contributed by atoms with van der Waals surface area (Å²) in [6.07, 6.45) is 2.37. The highest BCUT2D eigenvalue weighted by Crippen LogP contribution is 2.05. The van der Waals surface area contributed by atoms with Gasteiger partial charge in [-0.1, -0.05) is 6.92 Å². The molecule has 0 atom stereocenters. The summed E-state index contributed by atoms with van der Waals surface area (Å²) in [5.74, 6) is -1.42. The molecule has 0 aliphatic rings. The molecule has 1 heterocycles. The second kappa shape index (κ2) is 5.25. The molecule has 1 aromatic heterocycles. The summed E-state index contributed by atoms with van der Waals surface area (Å²) in [6, 6.07) is 3.51. The van der Waals surface area contributed by atoms with Crippen molar-refractivity contribution in [3.05, 3.63) is 29.6 Å². The number of carbonyl (C=O) groups excluding carboxylic acids is 1. The molecule has 16 heavy (non-hydrogen) atoms.